The first-order chi connectivity index (χ1) is 9.69. The van der Waals surface area contributed by atoms with Gasteiger partial charge in [0.25, 0.3) is 0 Å². The van der Waals surface area contributed by atoms with Crippen molar-refractivity contribution in [2.24, 2.45) is 11.8 Å². The molecule has 4 nitrogen and oxygen atoms in total. The Morgan fingerprint density at radius 1 is 1.40 bits per heavy atom. The molecule has 1 saturated carbocycles. The van der Waals surface area contributed by atoms with Crippen molar-refractivity contribution >= 4 is 5.91 Å². The van der Waals surface area contributed by atoms with E-state index in [1.165, 1.54) is 0 Å². The first-order valence-corrected chi connectivity index (χ1v) is 7.26. The Balaban J connectivity index is 1.55. The zero-order chi connectivity index (χ0) is 14.1. The lowest BCUT2D eigenvalue weighted by Crippen LogP contribution is -2.39. The van der Waals surface area contributed by atoms with Crippen LogP contribution in [0.5, 0.6) is 5.75 Å². The van der Waals surface area contributed by atoms with Crippen LogP contribution in [-0.4, -0.2) is 42.2 Å². The van der Waals surface area contributed by atoms with Crippen LogP contribution in [0.2, 0.25) is 0 Å². The fourth-order valence-electron chi connectivity index (χ4n) is 3.38. The number of fused-ring (bicyclic) bond motifs is 1. The van der Waals surface area contributed by atoms with Gasteiger partial charge in [0, 0.05) is 25.4 Å². The largest absolute Gasteiger partial charge is 0.496 e. The van der Waals surface area contributed by atoms with Crippen LogP contribution in [0.1, 0.15) is 18.4 Å². The zero-order valence-electron chi connectivity index (χ0n) is 11.8. The zero-order valence-corrected chi connectivity index (χ0v) is 11.8. The van der Waals surface area contributed by atoms with E-state index in [0.29, 0.717) is 24.7 Å². The summed E-state index contributed by atoms with van der Waals surface area (Å²) in [4.78, 5) is 14.2. The summed E-state index contributed by atoms with van der Waals surface area (Å²) >= 11 is 0. The Hall–Kier alpha value is -1.55. The molecule has 1 aliphatic carbocycles. The van der Waals surface area contributed by atoms with Crippen LogP contribution in [0.15, 0.2) is 24.3 Å². The molecule has 1 N–H and O–H groups in total. The second kappa shape index (κ2) is 5.44. The molecule has 3 rings (SSSR count). The highest BCUT2D eigenvalue weighted by Gasteiger charge is 2.47. The monoisotopic (exact) mass is 275 g/mol. The predicted octanol–water partition coefficient (Wildman–Crippen LogP) is 1.47. The van der Waals surface area contributed by atoms with Gasteiger partial charge in [-0.15, -0.1) is 0 Å². The molecule has 0 spiro atoms. The van der Waals surface area contributed by atoms with E-state index >= 15 is 0 Å². The van der Waals surface area contributed by atoms with Crippen molar-refractivity contribution in [3.05, 3.63) is 29.8 Å². The van der Waals surface area contributed by atoms with Gasteiger partial charge in [0.2, 0.25) is 5.91 Å². The van der Waals surface area contributed by atoms with Crippen molar-refractivity contribution in [1.82, 2.24) is 4.90 Å². The van der Waals surface area contributed by atoms with E-state index in [-0.39, 0.29) is 12.0 Å². The number of carbonyl (C=O) groups excluding carboxylic acids is 1. The first kappa shape index (κ1) is 13.4. The molecule has 1 amide bonds. The molecule has 1 heterocycles. The SMILES string of the molecule is COc1ccccc1CCC(=O)N1C[C@H]2C[C@H](O)[C@H]2C1. The molecular formula is C16H21NO3. The third-order valence-corrected chi connectivity index (χ3v) is 4.68. The van der Waals surface area contributed by atoms with Crippen molar-refractivity contribution in [2.45, 2.75) is 25.4 Å². The van der Waals surface area contributed by atoms with E-state index in [4.69, 9.17) is 4.74 Å². The number of aliphatic hydroxyl groups excluding tert-OH is 1. The lowest BCUT2D eigenvalue weighted by molar-refractivity contribution is -0.130. The molecule has 4 heteroatoms. The summed E-state index contributed by atoms with van der Waals surface area (Å²) in [5, 5.41) is 9.64. The molecule has 1 aliphatic heterocycles. The highest BCUT2D eigenvalue weighted by atomic mass is 16.5. The van der Waals surface area contributed by atoms with Gasteiger partial charge in [-0.3, -0.25) is 4.79 Å². The smallest absolute Gasteiger partial charge is 0.222 e. The normalized spacial score (nSPS) is 27.9. The number of hydrogen-bond acceptors (Lipinski definition) is 3. The fraction of sp³-hybridized carbons (Fsp3) is 0.562. The molecule has 0 radical (unpaired) electrons. The molecule has 0 bridgehead atoms. The number of aliphatic hydroxyl groups is 1. The van der Waals surface area contributed by atoms with E-state index in [0.717, 1.165) is 30.8 Å². The number of rotatable bonds is 4. The highest BCUT2D eigenvalue weighted by molar-refractivity contribution is 5.77. The van der Waals surface area contributed by atoms with Crippen molar-refractivity contribution < 1.29 is 14.6 Å². The average Bonchev–Trinajstić information content (AvgIpc) is 2.82. The molecule has 20 heavy (non-hydrogen) atoms. The van der Waals surface area contributed by atoms with Gasteiger partial charge < -0.3 is 14.7 Å². The van der Waals surface area contributed by atoms with Gasteiger partial charge in [-0.2, -0.15) is 0 Å². The molecule has 3 atom stereocenters. The summed E-state index contributed by atoms with van der Waals surface area (Å²) in [6.45, 7) is 1.56. The van der Waals surface area contributed by atoms with E-state index in [9.17, 15) is 9.90 Å². The second-order valence-electron chi connectivity index (χ2n) is 5.84. The maximum Gasteiger partial charge on any atom is 0.222 e. The van der Waals surface area contributed by atoms with E-state index in [1.54, 1.807) is 7.11 Å². The third-order valence-electron chi connectivity index (χ3n) is 4.68. The number of para-hydroxylation sites is 1. The van der Waals surface area contributed by atoms with Gasteiger partial charge >= 0.3 is 0 Å². The molecule has 1 aromatic rings. The molecule has 0 aromatic heterocycles. The molecule has 1 aromatic carbocycles. The Morgan fingerprint density at radius 2 is 2.20 bits per heavy atom. The van der Waals surface area contributed by atoms with Crippen LogP contribution in [0.25, 0.3) is 0 Å². The lowest BCUT2D eigenvalue weighted by Gasteiger charge is -2.34. The van der Waals surface area contributed by atoms with E-state index in [2.05, 4.69) is 0 Å². The van der Waals surface area contributed by atoms with Gasteiger partial charge in [0.1, 0.15) is 5.75 Å². The molecule has 2 fully saturated rings. The van der Waals surface area contributed by atoms with Gasteiger partial charge in [0.15, 0.2) is 0 Å². The van der Waals surface area contributed by atoms with Crippen LogP contribution in [0.3, 0.4) is 0 Å². The summed E-state index contributed by atoms with van der Waals surface area (Å²) in [7, 11) is 1.65. The standard InChI is InChI=1S/C16H21NO3/c1-20-15-5-3-2-4-11(15)6-7-16(19)17-9-12-8-14(18)13(12)10-17/h2-5,12-14,18H,6-10H2,1H3/t12-,13+,14+/m1/s1. The lowest BCUT2D eigenvalue weighted by atomic mass is 9.74. The minimum atomic E-state index is -0.188. The number of ether oxygens (including phenoxy) is 1. The second-order valence-corrected chi connectivity index (χ2v) is 5.84. The number of amides is 1. The number of aryl methyl sites for hydroxylation is 1. The highest BCUT2D eigenvalue weighted by Crippen LogP contribution is 2.40. The van der Waals surface area contributed by atoms with Gasteiger partial charge in [-0.1, -0.05) is 18.2 Å². The average molecular weight is 275 g/mol. The molecular weight excluding hydrogens is 254 g/mol. The topological polar surface area (TPSA) is 49.8 Å². The van der Waals surface area contributed by atoms with Gasteiger partial charge in [-0.05, 0) is 30.4 Å². The van der Waals surface area contributed by atoms with Gasteiger partial charge in [0.05, 0.1) is 13.2 Å². The Morgan fingerprint density at radius 3 is 2.90 bits per heavy atom. The number of likely N-dealkylation sites (tertiary alicyclic amines) is 1. The quantitative estimate of drug-likeness (QED) is 0.905. The van der Waals surface area contributed by atoms with E-state index < -0.39 is 0 Å². The maximum atomic E-state index is 12.2. The maximum absolute atomic E-state index is 12.2. The fourth-order valence-corrected chi connectivity index (χ4v) is 3.38. The summed E-state index contributed by atoms with van der Waals surface area (Å²) in [6.07, 6.45) is 1.89. The van der Waals surface area contributed by atoms with Crippen LogP contribution < -0.4 is 4.74 Å². The Labute approximate surface area is 119 Å². The first-order valence-electron chi connectivity index (χ1n) is 7.26. The molecule has 2 aliphatic rings. The Bertz CT molecular complexity index is 502. The number of benzene rings is 1. The number of methoxy groups -OCH3 is 1. The molecule has 1 saturated heterocycles. The van der Waals surface area contributed by atoms with Gasteiger partial charge in [-0.25, -0.2) is 0 Å². The van der Waals surface area contributed by atoms with E-state index in [1.807, 2.05) is 29.2 Å². The molecule has 108 valence electrons. The van der Waals surface area contributed by atoms with Crippen LogP contribution in [0.4, 0.5) is 0 Å². The minimum Gasteiger partial charge on any atom is -0.496 e. The van der Waals surface area contributed by atoms with Crippen LogP contribution in [-0.2, 0) is 11.2 Å². The third kappa shape index (κ3) is 2.40. The minimum absolute atomic E-state index is 0.188. The predicted molar refractivity (Wildman–Crippen MR) is 75.5 cm³/mol. The number of nitrogens with zero attached hydrogens (tertiary/aromatic N) is 1. The summed E-state index contributed by atoms with van der Waals surface area (Å²) in [5.74, 6) is 1.89. The van der Waals surface area contributed by atoms with Crippen molar-refractivity contribution in [2.75, 3.05) is 20.2 Å². The van der Waals surface area contributed by atoms with Crippen LogP contribution in [0, 0.1) is 11.8 Å². The van der Waals surface area contributed by atoms with Crippen molar-refractivity contribution in [3.63, 3.8) is 0 Å². The van der Waals surface area contributed by atoms with Crippen LogP contribution >= 0.6 is 0 Å². The van der Waals surface area contributed by atoms with Crippen molar-refractivity contribution in [1.29, 1.82) is 0 Å². The summed E-state index contributed by atoms with van der Waals surface area (Å²) in [5.41, 5.74) is 1.07. The molecule has 0 unspecified atom stereocenters. The summed E-state index contributed by atoms with van der Waals surface area (Å²) < 4.78 is 5.30. The van der Waals surface area contributed by atoms with Crippen molar-refractivity contribution in [3.8, 4) is 5.75 Å². The summed E-state index contributed by atoms with van der Waals surface area (Å²) in [6, 6.07) is 7.83. The number of hydrogen-bond donors (Lipinski definition) is 1. The number of carbonyl (C=O) groups is 1. The Kier molecular flexibility index (Phi) is 3.66.